The number of aromatic nitrogens is 2. The number of nitrogens with one attached hydrogen (secondary N) is 2. The summed E-state index contributed by atoms with van der Waals surface area (Å²) in [5.41, 5.74) is 1.39. The normalized spacial score (nSPS) is 10.6. The quantitative estimate of drug-likeness (QED) is 0.701. The van der Waals surface area contributed by atoms with Crippen molar-refractivity contribution in [1.82, 2.24) is 9.97 Å². The smallest absolute Gasteiger partial charge is 0.274 e. The summed E-state index contributed by atoms with van der Waals surface area (Å²) in [6, 6.07) is 4.82. The van der Waals surface area contributed by atoms with Crippen LogP contribution in [0.1, 0.15) is 36.5 Å². The standard InChI is InChI=1S/C19H25ClN4O3/c1-11(2)6-7-21-19-22-12(3)8-15(24-19)18(25)23-14-10-16(26-4)13(20)9-17(14)27-5/h8-11H,6-7H2,1-5H3,(H,23,25)(H,21,22,24). The van der Waals surface area contributed by atoms with Crippen LogP contribution in [0.4, 0.5) is 11.6 Å². The lowest BCUT2D eigenvalue weighted by Crippen LogP contribution is -2.17. The molecule has 0 atom stereocenters. The highest BCUT2D eigenvalue weighted by Crippen LogP contribution is 2.36. The van der Waals surface area contributed by atoms with E-state index in [4.69, 9.17) is 21.1 Å². The summed E-state index contributed by atoms with van der Waals surface area (Å²) in [5.74, 6) is 1.48. The van der Waals surface area contributed by atoms with Gasteiger partial charge in [-0.1, -0.05) is 25.4 Å². The van der Waals surface area contributed by atoms with Gasteiger partial charge in [-0.25, -0.2) is 9.97 Å². The molecular weight excluding hydrogens is 368 g/mol. The Morgan fingerprint density at radius 3 is 2.48 bits per heavy atom. The Morgan fingerprint density at radius 1 is 1.15 bits per heavy atom. The maximum absolute atomic E-state index is 12.7. The summed E-state index contributed by atoms with van der Waals surface area (Å²) in [7, 11) is 3.00. The number of benzene rings is 1. The molecule has 2 rings (SSSR count). The molecule has 0 radical (unpaired) electrons. The van der Waals surface area contributed by atoms with E-state index in [0.29, 0.717) is 39.8 Å². The maximum Gasteiger partial charge on any atom is 0.274 e. The number of amides is 1. The van der Waals surface area contributed by atoms with Crippen molar-refractivity contribution < 1.29 is 14.3 Å². The fraction of sp³-hybridized carbons (Fsp3) is 0.421. The van der Waals surface area contributed by atoms with Crippen LogP contribution in [-0.2, 0) is 0 Å². The lowest BCUT2D eigenvalue weighted by Gasteiger charge is -2.13. The van der Waals surface area contributed by atoms with Crippen LogP contribution in [0.3, 0.4) is 0 Å². The number of aryl methyl sites for hydroxylation is 1. The first kappa shape index (κ1) is 20.8. The third-order valence-electron chi connectivity index (χ3n) is 3.81. The van der Waals surface area contributed by atoms with E-state index in [1.54, 1.807) is 18.2 Å². The van der Waals surface area contributed by atoms with E-state index in [-0.39, 0.29) is 11.6 Å². The van der Waals surface area contributed by atoms with Crippen LogP contribution >= 0.6 is 11.6 Å². The second-order valence-electron chi connectivity index (χ2n) is 6.47. The molecule has 1 heterocycles. The number of halogens is 1. The van der Waals surface area contributed by atoms with Crippen molar-refractivity contribution >= 4 is 29.1 Å². The van der Waals surface area contributed by atoms with Gasteiger partial charge in [0.15, 0.2) is 0 Å². The minimum atomic E-state index is -0.380. The van der Waals surface area contributed by atoms with Gasteiger partial charge in [-0.3, -0.25) is 4.79 Å². The molecule has 1 aromatic heterocycles. The highest BCUT2D eigenvalue weighted by molar-refractivity contribution is 6.32. The Morgan fingerprint density at radius 2 is 1.85 bits per heavy atom. The number of ether oxygens (including phenoxy) is 2. The SMILES string of the molecule is COc1cc(NC(=O)c2cc(C)nc(NCCC(C)C)n2)c(OC)cc1Cl. The lowest BCUT2D eigenvalue weighted by molar-refractivity contribution is 0.102. The third kappa shape index (κ3) is 5.72. The molecule has 0 saturated carbocycles. The van der Waals surface area contributed by atoms with Crippen molar-refractivity contribution in [1.29, 1.82) is 0 Å². The molecule has 0 aliphatic heterocycles. The summed E-state index contributed by atoms with van der Waals surface area (Å²) < 4.78 is 10.5. The van der Waals surface area contributed by atoms with Crippen LogP contribution < -0.4 is 20.1 Å². The van der Waals surface area contributed by atoms with Gasteiger partial charge in [-0.2, -0.15) is 0 Å². The molecule has 0 bridgehead atoms. The van der Waals surface area contributed by atoms with E-state index >= 15 is 0 Å². The second-order valence-corrected chi connectivity index (χ2v) is 6.88. The van der Waals surface area contributed by atoms with Crippen molar-refractivity contribution in [2.75, 3.05) is 31.4 Å². The summed E-state index contributed by atoms with van der Waals surface area (Å²) in [5, 5.41) is 6.34. The molecule has 2 aromatic rings. The Hall–Kier alpha value is -2.54. The molecule has 0 saturated heterocycles. The average Bonchev–Trinajstić information content (AvgIpc) is 2.61. The van der Waals surface area contributed by atoms with E-state index in [1.165, 1.54) is 14.2 Å². The van der Waals surface area contributed by atoms with Crippen LogP contribution in [0.25, 0.3) is 0 Å². The number of nitrogens with zero attached hydrogens (tertiary/aromatic N) is 2. The van der Waals surface area contributed by atoms with Gasteiger partial charge in [0.05, 0.1) is 24.9 Å². The number of carbonyl (C=O) groups excluding carboxylic acids is 1. The van der Waals surface area contributed by atoms with Gasteiger partial charge in [-0.15, -0.1) is 0 Å². The fourth-order valence-corrected chi connectivity index (χ4v) is 2.61. The first-order chi connectivity index (χ1) is 12.8. The Balaban J connectivity index is 2.22. The Labute approximate surface area is 164 Å². The zero-order chi connectivity index (χ0) is 20.0. The van der Waals surface area contributed by atoms with Crippen LogP contribution in [0.5, 0.6) is 11.5 Å². The monoisotopic (exact) mass is 392 g/mol. The number of carbonyl (C=O) groups is 1. The van der Waals surface area contributed by atoms with Crippen LogP contribution in [0.2, 0.25) is 5.02 Å². The predicted molar refractivity (Wildman–Crippen MR) is 107 cm³/mol. The minimum Gasteiger partial charge on any atom is -0.495 e. The molecule has 0 spiro atoms. The zero-order valence-electron chi connectivity index (χ0n) is 16.2. The van der Waals surface area contributed by atoms with Gasteiger partial charge in [0.1, 0.15) is 17.2 Å². The van der Waals surface area contributed by atoms with Crippen LogP contribution in [-0.4, -0.2) is 36.6 Å². The zero-order valence-corrected chi connectivity index (χ0v) is 17.0. The van der Waals surface area contributed by atoms with Gasteiger partial charge in [0.25, 0.3) is 5.91 Å². The van der Waals surface area contributed by atoms with Crippen molar-refractivity contribution in [3.05, 3.63) is 34.6 Å². The number of anilines is 2. The molecule has 2 N–H and O–H groups in total. The molecule has 0 aliphatic carbocycles. The average molecular weight is 393 g/mol. The molecule has 1 amide bonds. The van der Waals surface area contributed by atoms with Gasteiger partial charge in [-0.05, 0) is 25.3 Å². The number of rotatable bonds is 8. The first-order valence-corrected chi connectivity index (χ1v) is 9.04. The molecule has 146 valence electrons. The predicted octanol–water partition coefficient (Wildman–Crippen LogP) is 4.17. The van der Waals surface area contributed by atoms with Crippen LogP contribution in [0, 0.1) is 12.8 Å². The molecular formula is C19H25ClN4O3. The molecule has 1 aromatic carbocycles. The van der Waals surface area contributed by atoms with E-state index in [1.807, 2.05) is 6.92 Å². The Bertz CT molecular complexity index is 812. The van der Waals surface area contributed by atoms with Crippen molar-refractivity contribution in [2.24, 2.45) is 5.92 Å². The minimum absolute atomic E-state index is 0.255. The summed E-state index contributed by atoms with van der Waals surface area (Å²) in [4.78, 5) is 21.3. The summed E-state index contributed by atoms with van der Waals surface area (Å²) in [6.45, 7) is 6.85. The highest BCUT2D eigenvalue weighted by atomic mass is 35.5. The summed E-state index contributed by atoms with van der Waals surface area (Å²) in [6.07, 6.45) is 0.987. The summed E-state index contributed by atoms with van der Waals surface area (Å²) >= 11 is 6.10. The lowest BCUT2D eigenvalue weighted by atomic mass is 10.1. The molecule has 0 unspecified atom stereocenters. The van der Waals surface area contributed by atoms with Crippen molar-refractivity contribution in [3.63, 3.8) is 0 Å². The van der Waals surface area contributed by atoms with Crippen LogP contribution in [0.15, 0.2) is 18.2 Å². The third-order valence-corrected chi connectivity index (χ3v) is 4.11. The topological polar surface area (TPSA) is 85.4 Å². The second kappa shape index (κ2) is 9.41. The Kier molecular flexibility index (Phi) is 7.24. The van der Waals surface area contributed by atoms with Gasteiger partial charge >= 0.3 is 0 Å². The van der Waals surface area contributed by atoms with Gasteiger partial charge in [0.2, 0.25) is 5.95 Å². The molecule has 7 nitrogen and oxygen atoms in total. The van der Waals surface area contributed by atoms with Gasteiger partial charge < -0.3 is 20.1 Å². The maximum atomic E-state index is 12.7. The van der Waals surface area contributed by atoms with E-state index in [9.17, 15) is 4.79 Å². The number of hydrogen-bond donors (Lipinski definition) is 2. The molecule has 0 aliphatic rings. The molecule has 8 heteroatoms. The van der Waals surface area contributed by atoms with E-state index < -0.39 is 0 Å². The van der Waals surface area contributed by atoms with Gasteiger partial charge in [0, 0.05) is 24.4 Å². The van der Waals surface area contributed by atoms with Crippen molar-refractivity contribution in [2.45, 2.75) is 27.2 Å². The van der Waals surface area contributed by atoms with Crippen molar-refractivity contribution in [3.8, 4) is 11.5 Å². The molecule has 0 fully saturated rings. The molecule has 27 heavy (non-hydrogen) atoms. The number of methoxy groups -OCH3 is 2. The largest absolute Gasteiger partial charge is 0.495 e. The first-order valence-electron chi connectivity index (χ1n) is 8.66. The fourth-order valence-electron chi connectivity index (χ4n) is 2.38. The van der Waals surface area contributed by atoms with E-state index in [2.05, 4.69) is 34.4 Å². The highest BCUT2D eigenvalue weighted by Gasteiger charge is 2.16. The van der Waals surface area contributed by atoms with E-state index in [0.717, 1.165) is 13.0 Å². The number of hydrogen-bond acceptors (Lipinski definition) is 6.